The molecule has 0 amide bonds. The molecular weight excluding hydrogens is 436 g/mol. The first-order valence-corrected chi connectivity index (χ1v) is 12.6. The zero-order valence-corrected chi connectivity index (χ0v) is 21.6. The van der Waals surface area contributed by atoms with Crippen LogP contribution in [0.25, 0.3) is 0 Å². The van der Waals surface area contributed by atoms with Crippen LogP contribution in [0.15, 0.2) is 72.8 Å². The molecule has 186 valence electrons. The van der Waals surface area contributed by atoms with Gasteiger partial charge < -0.3 is 14.2 Å². The van der Waals surface area contributed by atoms with Crippen molar-refractivity contribution in [3.63, 3.8) is 0 Å². The Morgan fingerprint density at radius 2 is 0.829 bits per heavy atom. The molecule has 4 rings (SSSR count). The summed E-state index contributed by atoms with van der Waals surface area (Å²) in [7, 11) is 5.16. The van der Waals surface area contributed by atoms with Crippen molar-refractivity contribution in [3.8, 4) is 17.2 Å². The second-order valence-corrected chi connectivity index (χ2v) is 9.06. The van der Waals surface area contributed by atoms with Crippen molar-refractivity contribution in [3.05, 3.63) is 89.5 Å². The molecule has 3 aromatic carbocycles. The van der Waals surface area contributed by atoms with E-state index in [1.807, 2.05) is 0 Å². The van der Waals surface area contributed by atoms with Crippen LogP contribution < -0.4 is 14.2 Å². The minimum atomic E-state index is 0.167. The van der Waals surface area contributed by atoms with Gasteiger partial charge in [0, 0.05) is 13.1 Å². The van der Waals surface area contributed by atoms with Crippen molar-refractivity contribution in [1.29, 1.82) is 0 Å². The molecule has 1 saturated heterocycles. The third-order valence-corrected chi connectivity index (χ3v) is 6.93. The number of hydrogen-bond acceptors (Lipinski definition) is 5. The third kappa shape index (κ3) is 5.16. The largest absolute Gasteiger partial charge is 0.497 e. The molecule has 5 nitrogen and oxygen atoms in total. The van der Waals surface area contributed by atoms with E-state index in [-0.39, 0.29) is 18.2 Å². The van der Waals surface area contributed by atoms with Gasteiger partial charge in [-0.05, 0) is 65.9 Å². The fourth-order valence-electron chi connectivity index (χ4n) is 5.41. The van der Waals surface area contributed by atoms with Crippen molar-refractivity contribution >= 4 is 0 Å². The third-order valence-electron chi connectivity index (χ3n) is 6.93. The Morgan fingerprint density at radius 3 is 1.11 bits per heavy atom. The van der Waals surface area contributed by atoms with Crippen LogP contribution in [0.3, 0.4) is 0 Å². The van der Waals surface area contributed by atoms with Crippen LogP contribution in [0.5, 0.6) is 17.2 Å². The van der Waals surface area contributed by atoms with E-state index in [4.69, 9.17) is 14.2 Å². The molecule has 1 aliphatic heterocycles. The predicted octanol–water partition coefficient (Wildman–Crippen LogP) is 6.63. The van der Waals surface area contributed by atoms with Gasteiger partial charge in [0.25, 0.3) is 0 Å². The van der Waals surface area contributed by atoms with E-state index < -0.39 is 0 Å². The molecule has 1 aliphatic rings. The molecule has 0 N–H and O–H groups in total. The fourth-order valence-corrected chi connectivity index (χ4v) is 5.41. The topological polar surface area (TPSA) is 34.2 Å². The van der Waals surface area contributed by atoms with Crippen LogP contribution in [0.4, 0.5) is 0 Å². The Hall–Kier alpha value is -3.02. The number of rotatable bonds is 10. The summed E-state index contributed by atoms with van der Waals surface area (Å²) in [6.07, 6.45) is 2.32. The molecule has 1 fully saturated rings. The Kier molecular flexibility index (Phi) is 8.32. The number of nitrogens with zero attached hydrogens (tertiary/aromatic N) is 2. The number of ether oxygens (including phenoxy) is 3. The second kappa shape index (κ2) is 11.6. The number of methoxy groups -OCH3 is 3. The highest BCUT2D eigenvalue weighted by atomic mass is 16.5. The maximum Gasteiger partial charge on any atom is 0.118 e. The molecule has 2 atom stereocenters. The minimum absolute atomic E-state index is 0.167. The van der Waals surface area contributed by atoms with Gasteiger partial charge >= 0.3 is 0 Å². The SMILES string of the molecule is CCCN1C(c2ccc(OC)cc2)N(CCC)[C@H](c2ccc(OC)cc2)[C@H]1c1ccc(OC)cc1. The Morgan fingerprint density at radius 1 is 0.514 bits per heavy atom. The lowest BCUT2D eigenvalue weighted by Crippen LogP contribution is -2.32. The average Bonchev–Trinajstić information content (AvgIpc) is 3.22. The van der Waals surface area contributed by atoms with Gasteiger partial charge in [-0.25, -0.2) is 0 Å². The van der Waals surface area contributed by atoms with Crippen LogP contribution in [0.2, 0.25) is 0 Å². The molecule has 5 heteroatoms. The predicted molar refractivity (Wildman–Crippen MR) is 141 cm³/mol. The first kappa shape index (κ1) is 25.1. The standard InChI is InChI=1S/C30H38N2O3/c1-6-20-31-28(22-8-14-25(33-3)15-9-22)29(23-10-16-26(34-4)17-11-23)32(21-7-2)30(31)24-12-18-27(35-5)19-13-24/h8-19,28-30H,6-7,20-21H2,1-5H3/t28-,29-/m1/s1. The quantitative estimate of drug-likeness (QED) is 0.329. The van der Waals surface area contributed by atoms with Gasteiger partial charge in [0.15, 0.2) is 0 Å². The molecule has 0 aromatic heterocycles. The summed E-state index contributed by atoms with van der Waals surface area (Å²) in [5.41, 5.74) is 3.90. The average molecular weight is 475 g/mol. The highest BCUT2D eigenvalue weighted by Crippen LogP contribution is 2.53. The van der Waals surface area contributed by atoms with Gasteiger partial charge in [-0.1, -0.05) is 50.2 Å². The summed E-state index contributed by atoms with van der Waals surface area (Å²) in [6.45, 7) is 6.53. The molecule has 35 heavy (non-hydrogen) atoms. The van der Waals surface area contributed by atoms with E-state index >= 15 is 0 Å². The Balaban J connectivity index is 1.87. The van der Waals surface area contributed by atoms with Gasteiger partial charge in [-0.3, -0.25) is 9.80 Å². The zero-order valence-electron chi connectivity index (χ0n) is 21.6. The molecule has 0 bridgehead atoms. The second-order valence-electron chi connectivity index (χ2n) is 9.06. The van der Waals surface area contributed by atoms with Gasteiger partial charge in [0.05, 0.1) is 39.6 Å². The first-order chi connectivity index (χ1) is 17.1. The normalized spacial score (nSPS) is 19.1. The fraction of sp³-hybridized carbons (Fsp3) is 0.400. The van der Waals surface area contributed by atoms with Crippen molar-refractivity contribution in [2.75, 3.05) is 34.4 Å². The Bertz CT molecular complexity index is 987. The van der Waals surface area contributed by atoms with Crippen molar-refractivity contribution in [2.24, 2.45) is 0 Å². The van der Waals surface area contributed by atoms with E-state index in [0.717, 1.165) is 43.2 Å². The van der Waals surface area contributed by atoms with Crippen LogP contribution in [0, 0.1) is 0 Å². The molecule has 0 saturated carbocycles. The highest BCUT2D eigenvalue weighted by molar-refractivity contribution is 5.38. The molecule has 0 spiro atoms. The van der Waals surface area contributed by atoms with Gasteiger partial charge in [-0.2, -0.15) is 0 Å². The van der Waals surface area contributed by atoms with Crippen molar-refractivity contribution in [2.45, 2.75) is 44.9 Å². The minimum Gasteiger partial charge on any atom is -0.497 e. The van der Waals surface area contributed by atoms with Gasteiger partial charge in [0.2, 0.25) is 0 Å². The van der Waals surface area contributed by atoms with Crippen LogP contribution in [-0.2, 0) is 0 Å². The molecule has 0 unspecified atom stereocenters. The lowest BCUT2D eigenvalue weighted by Gasteiger charge is -2.32. The zero-order chi connectivity index (χ0) is 24.8. The molecular formula is C30H38N2O3. The number of benzene rings is 3. The molecule has 0 aliphatic carbocycles. The summed E-state index contributed by atoms with van der Waals surface area (Å²) in [5.74, 6) is 2.65. The lowest BCUT2D eigenvalue weighted by molar-refractivity contribution is 0.113. The summed E-state index contributed by atoms with van der Waals surface area (Å²) in [6, 6.07) is 26.2. The number of hydrogen-bond donors (Lipinski definition) is 0. The summed E-state index contributed by atoms with van der Waals surface area (Å²) in [5, 5.41) is 0. The smallest absolute Gasteiger partial charge is 0.118 e. The van der Waals surface area contributed by atoms with E-state index in [0.29, 0.717) is 0 Å². The molecule has 1 heterocycles. The maximum absolute atomic E-state index is 5.47. The molecule has 3 aromatic rings. The molecule has 0 radical (unpaired) electrons. The monoisotopic (exact) mass is 474 g/mol. The van der Waals surface area contributed by atoms with E-state index in [1.54, 1.807) is 21.3 Å². The van der Waals surface area contributed by atoms with Crippen LogP contribution in [0.1, 0.15) is 61.6 Å². The van der Waals surface area contributed by atoms with E-state index in [2.05, 4.69) is 96.4 Å². The Labute approximate surface area is 210 Å². The lowest BCUT2D eigenvalue weighted by atomic mass is 9.92. The summed E-state index contributed by atoms with van der Waals surface area (Å²) >= 11 is 0. The van der Waals surface area contributed by atoms with Gasteiger partial charge in [-0.15, -0.1) is 0 Å². The van der Waals surface area contributed by atoms with Gasteiger partial charge in [0.1, 0.15) is 17.2 Å². The highest BCUT2D eigenvalue weighted by Gasteiger charge is 2.48. The summed E-state index contributed by atoms with van der Waals surface area (Å²) in [4.78, 5) is 5.35. The van der Waals surface area contributed by atoms with Crippen LogP contribution in [-0.4, -0.2) is 44.2 Å². The van der Waals surface area contributed by atoms with E-state index in [9.17, 15) is 0 Å². The van der Waals surface area contributed by atoms with E-state index in [1.165, 1.54) is 16.7 Å². The van der Waals surface area contributed by atoms with Crippen LogP contribution >= 0.6 is 0 Å². The first-order valence-electron chi connectivity index (χ1n) is 12.6. The van der Waals surface area contributed by atoms with Crippen molar-refractivity contribution in [1.82, 2.24) is 9.80 Å². The van der Waals surface area contributed by atoms with Crippen molar-refractivity contribution < 1.29 is 14.2 Å². The maximum atomic E-state index is 5.47. The summed E-state index contributed by atoms with van der Waals surface area (Å²) < 4.78 is 16.4.